The number of aryl methyl sites for hydroxylation is 1. The Morgan fingerprint density at radius 3 is 2.42 bits per heavy atom. The third kappa shape index (κ3) is 3.37. The minimum absolute atomic E-state index is 0.171. The summed E-state index contributed by atoms with van der Waals surface area (Å²) in [6.45, 7) is 3.79. The number of fused-ring (bicyclic) bond motifs is 1. The van der Waals surface area contributed by atoms with Gasteiger partial charge in [0.25, 0.3) is 4.84 Å². The van der Waals surface area contributed by atoms with E-state index in [2.05, 4.69) is 17.0 Å². The summed E-state index contributed by atoms with van der Waals surface area (Å²) in [5.74, 6) is 0.171. The molecule has 0 radical (unpaired) electrons. The maximum Gasteiger partial charge on any atom is 0.269 e. The van der Waals surface area contributed by atoms with Gasteiger partial charge in [0.2, 0.25) is 5.91 Å². The molecule has 26 heavy (non-hydrogen) atoms. The number of hydrogen-bond acceptors (Lipinski definition) is 4. The molecule has 0 aliphatic carbocycles. The quantitative estimate of drug-likeness (QED) is 0.660. The van der Waals surface area contributed by atoms with E-state index in [1.165, 1.54) is 5.69 Å². The number of oxazole rings is 1. The predicted molar refractivity (Wildman–Crippen MR) is 105 cm³/mol. The van der Waals surface area contributed by atoms with Crippen molar-refractivity contribution in [1.82, 2.24) is 9.47 Å². The molecule has 1 aliphatic heterocycles. The molecule has 1 saturated heterocycles. The van der Waals surface area contributed by atoms with E-state index in [0.717, 1.165) is 37.3 Å². The lowest BCUT2D eigenvalue weighted by Crippen LogP contribution is -2.48. The van der Waals surface area contributed by atoms with Crippen LogP contribution in [0.1, 0.15) is 6.42 Å². The van der Waals surface area contributed by atoms with E-state index >= 15 is 0 Å². The summed E-state index contributed by atoms with van der Waals surface area (Å²) in [4.78, 5) is 17.3. The zero-order valence-electron chi connectivity index (χ0n) is 14.5. The molecule has 134 valence electrons. The van der Waals surface area contributed by atoms with Gasteiger partial charge in [-0.1, -0.05) is 30.3 Å². The topological polar surface area (TPSA) is 41.6 Å². The van der Waals surface area contributed by atoms with Crippen molar-refractivity contribution in [2.75, 3.05) is 31.1 Å². The van der Waals surface area contributed by atoms with Gasteiger partial charge >= 0.3 is 0 Å². The van der Waals surface area contributed by atoms with Gasteiger partial charge < -0.3 is 14.2 Å². The molecule has 1 fully saturated rings. The van der Waals surface area contributed by atoms with Gasteiger partial charge in [0.1, 0.15) is 0 Å². The highest BCUT2D eigenvalue weighted by atomic mass is 32.1. The van der Waals surface area contributed by atoms with Crippen LogP contribution in [0.25, 0.3) is 11.1 Å². The van der Waals surface area contributed by atoms with Crippen LogP contribution in [0.2, 0.25) is 0 Å². The number of piperazine rings is 1. The summed E-state index contributed by atoms with van der Waals surface area (Å²) >= 11 is 5.30. The summed E-state index contributed by atoms with van der Waals surface area (Å²) in [6, 6.07) is 18.1. The highest BCUT2D eigenvalue weighted by Crippen LogP contribution is 2.19. The molecule has 0 saturated carbocycles. The first kappa shape index (κ1) is 16.8. The van der Waals surface area contributed by atoms with Crippen LogP contribution in [0.5, 0.6) is 0 Å². The molecule has 0 atom stereocenters. The van der Waals surface area contributed by atoms with Gasteiger partial charge in [0, 0.05) is 44.8 Å². The van der Waals surface area contributed by atoms with E-state index in [4.69, 9.17) is 16.6 Å². The van der Waals surface area contributed by atoms with Gasteiger partial charge in [-0.3, -0.25) is 9.36 Å². The van der Waals surface area contributed by atoms with Crippen LogP contribution in [0.4, 0.5) is 5.69 Å². The second-order valence-corrected chi connectivity index (χ2v) is 6.79. The molecule has 1 aliphatic rings. The van der Waals surface area contributed by atoms with Crippen LogP contribution in [-0.4, -0.2) is 41.6 Å². The van der Waals surface area contributed by atoms with Crippen LogP contribution in [-0.2, 0) is 11.3 Å². The highest BCUT2D eigenvalue weighted by molar-refractivity contribution is 7.71. The van der Waals surface area contributed by atoms with Crippen molar-refractivity contribution < 1.29 is 9.21 Å². The number of rotatable bonds is 4. The van der Waals surface area contributed by atoms with E-state index in [9.17, 15) is 4.79 Å². The molecule has 4 rings (SSSR count). The van der Waals surface area contributed by atoms with Crippen molar-refractivity contribution in [3.05, 3.63) is 59.4 Å². The minimum Gasteiger partial charge on any atom is -0.429 e. The molecule has 1 aromatic heterocycles. The lowest BCUT2D eigenvalue weighted by Gasteiger charge is -2.36. The highest BCUT2D eigenvalue weighted by Gasteiger charge is 2.21. The van der Waals surface area contributed by atoms with Crippen molar-refractivity contribution in [1.29, 1.82) is 0 Å². The van der Waals surface area contributed by atoms with E-state index in [-0.39, 0.29) is 5.91 Å². The van der Waals surface area contributed by atoms with Crippen LogP contribution in [0.15, 0.2) is 59.0 Å². The van der Waals surface area contributed by atoms with E-state index in [0.29, 0.717) is 17.8 Å². The molecule has 2 heterocycles. The number of aromatic nitrogens is 1. The van der Waals surface area contributed by atoms with E-state index in [1.807, 2.05) is 51.9 Å². The Bertz CT molecular complexity index is 956. The number of nitrogens with zero attached hydrogens (tertiary/aromatic N) is 3. The first-order valence-corrected chi connectivity index (χ1v) is 9.29. The van der Waals surface area contributed by atoms with Gasteiger partial charge in [-0.2, -0.15) is 0 Å². The largest absolute Gasteiger partial charge is 0.429 e. The predicted octanol–water partition coefficient (Wildman–Crippen LogP) is 3.70. The monoisotopic (exact) mass is 367 g/mol. The maximum atomic E-state index is 12.6. The van der Waals surface area contributed by atoms with Crippen molar-refractivity contribution in [2.45, 2.75) is 13.0 Å². The minimum atomic E-state index is 0.171. The molecule has 3 aromatic rings. The van der Waals surface area contributed by atoms with Crippen LogP contribution >= 0.6 is 12.2 Å². The fraction of sp³-hybridized carbons (Fsp3) is 0.300. The van der Waals surface area contributed by atoms with Gasteiger partial charge in [-0.25, -0.2) is 0 Å². The van der Waals surface area contributed by atoms with Crippen LogP contribution in [0, 0.1) is 4.84 Å². The maximum absolute atomic E-state index is 12.6. The van der Waals surface area contributed by atoms with Crippen LogP contribution in [0.3, 0.4) is 0 Å². The average molecular weight is 367 g/mol. The normalized spacial score (nSPS) is 14.8. The number of amides is 1. The smallest absolute Gasteiger partial charge is 0.269 e. The fourth-order valence-corrected chi connectivity index (χ4v) is 3.72. The van der Waals surface area contributed by atoms with Crippen molar-refractivity contribution in [3.63, 3.8) is 0 Å². The summed E-state index contributed by atoms with van der Waals surface area (Å²) < 4.78 is 7.49. The zero-order valence-corrected chi connectivity index (χ0v) is 15.3. The average Bonchev–Trinajstić information content (AvgIpc) is 3.02. The molecule has 0 N–H and O–H groups in total. The van der Waals surface area contributed by atoms with Gasteiger partial charge in [0.15, 0.2) is 5.58 Å². The van der Waals surface area contributed by atoms with Crippen molar-refractivity contribution >= 4 is 34.9 Å². The fourth-order valence-electron chi connectivity index (χ4n) is 3.44. The SMILES string of the molecule is O=C(CCn1c(=S)oc2ccccc21)N1CCN(c2ccccc2)CC1. The van der Waals surface area contributed by atoms with Crippen LogP contribution < -0.4 is 4.90 Å². The molecule has 6 heteroatoms. The molecular formula is C20H21N3O2S. The summed E-state index contributed by atoms with van der Waals surface area (Å²) in [5.41, 5.74) is 2.93. The summed E-state index contributed by atoms with van der Waals surface area (Å²) in [6.07, 6.45) is 0.434. The number of carbonyl (C=O) groups is 1. The third-order valence-electron chi connectivity index (χ3n) is 4.88. The number of para-hydroxylation sites is 3. The van der Waals surface area contributed by atoms with E-state index in [1.54, 1.807) is 0 Å². The molecule has 0 bridgehead atoms. The lowest BCUT2D eigenvalue weighted by molar-refractivity contribution is -0.131. The summed E-state index contributed by atoms with van der Waals surface area (Å²) in [5, 5.41) is 0. The molecule has 0 spiro atoms. The Morgan fingerprint density at radius 2 is 1.65 bits per heavy atom. The molecule has 1 amide bonds. The van der Waals surface area contributed by atoms with Crippen molar-refractivity contribution in [2.24, 2.45) is 0 Å². The first-order chi connectivity index (χ1) is 12.7. The molecule has 2 aromatic carbocycles. The number of hydrogen-bond donors (Lipinski definition) is 0. The Balaban J connectivity index is 1.36. The third-order valence-corrected chi connectivity index (χ3v) is 5.18. The Kier molecular flexibility index (Phi) is 4.75. The van der Waals surface area contributed by atoms with Crippen molar-refractivity contribution in [3.8, 4) is 0 Å². The molecular weight excluding hydrogens is 346 g/mol. The first-order valence-electron chi connectivity index (χ1n) is 8.88. The van der Waals surface area contributed by atoms with Gasteiger partial charge in [0.05, 0.1) is 5.52 Å². The number of carbonyl (C=O) groups excluding carboxylic acids is 1. The molecule has 5 nitrogen and oxygen atoms in total. The van der Waals surface area contributed by atoms with E-state index < -0.39 is 0 Å². The standard InChI is InChI=1S/C20H21N3O2S/c24-19(10-11-23-17-8-4-5-9-18(17)25-20(23)26)22-14-12-21(13-15-22)16-6-2-1-3-7-16/h1-9H,10-15H2. The second kappa shape index (κ2) is 7.33. The Morgan fingerprint density at radius 1 is 0.962 bits per heavy atom. The number of anilines is 1. The number of benzene rings is 2. The lowest BCUT2D eigenvalue weighted by atomic mass is 10.2. The van der Waals surface area contributed by atoms with Gasteiger partial charge in [-0.05, 0) is 36.5 Å². The second-order valence-electron chi connectivity index (χ2n) is 6.44. The summed E-state index contributed by atoms with van der Waals surface area (Å²) in [7, 11) is 0. The zero-order chi connectivity index (χ0) is 17.9. The van der Waals surface area contributed by atoms with Gasteiger partial charge in [-0.15, -0.1) is 0 Å². The Hall–Kier alpha value is -2.60. The Labute approximate surface area is 157 Å². The molecule has 0 unspecified atom stereocenters.